The highest BCUT2D eigenvalue weighted by Crippen LogP contribution is 2.26. The van der Waals surface area contributed by atoms with Crippen LogP contribution in [0, 0.1) is 11.3 Å². The van der Waals surface area contributed by atoms with E-state index in [0.29, 0.717) is 16.1 Å². The summed E-state index contributed by atoms with van der Waals surface area (Å²) in [6.07, 6.45) is 0. The van der Waals surface area contributed by atoms with E-state index in [1.807, 2.05) is 24.3 Å². The first-order valence-electron chi connectivity index (χ1n) is 7.68. The summed E-state index contributed by atoms with van der Waals surface area (Å²) < 4.78 is 0. The molecule has 2 aromatic carbocycles. The second-order valence-electron chi connectivity index (χ2n) is 5.66. The van der Waals surface area contributed by atoms with Crippen molar-refractivity contribution in [1.29, 1.82) is 5.26 Å². The third kappa shape index (κ3) is 3.29. The molecule has 0 aliphatic carbocycles. The number of amides is 1. The number of hydrogen-bond donors (Lipinski definition) is 1. The minimum atomic E-state index is -0.418. The van der Waals surface area contributed by atoms with Crippen LogP contribution in [0.5, 0.6) is 0 Å². The van der Waals surface area contributed by atoms with E-state index in [1.165, 1.54) is 0 Å². The van der Waals surface area contributed by atoms with Crippen molar-refractivity contribution in [1.82, 2.24) is 0 Å². The van der Waals surface area contributed by atoms with E-state index in [-0.39, 0.29) is 0 Å². The molecule has 6 heteroatoms. The van der Waals surface area contributed by atoms with Crippen LogP contribution >= 0.6 is 11.6 Å². The van der Waals surface area contributed by atoms with Gasteiger partial charge in [-0.2, -0.15) is 5.26 Å². The number of halogens is 1. The molecule has 1 aliphatic rings. The molecule has 5 nitrogen and oxygen atoms in total. The minimum absolute atomic E-state index is 0.418. The number of anilines is 2. The fourth-order valence-corrected chi connectivity index (χ4v) is 3.09. The normalized spacial score (nSPS) is 14.3. The standard InChI is InChI=1S/C18H17ClN4O/c19-15-3-6-17(14(11-15)12-20)23-9-7-22(8-10-23)16-4-1-13(2-5-16)18(21)24/h1-6,11H,7-10H2,(H2,21,24). The van der Waals surface area contributed by atoms with Crippen LogP contribution in [0.1, 0.15) is 15.9 Å². The van der Waals surface area contributed by atoms with Gasteiger partial charge in [0, 0.05) is 42.5 Å². The van der Waals surface area contributed by atoms with Crippen molar-refractivity contribution < 1.29 is 4.79 Å². The monoisotopic (exact) mass is 340 g/mol. The Morgan fingerprint density at radius 1 is 1.04 bits per heavy atom. The number of rotatable bonds is 3. The molecule has 0 saturated carbocycles. The number of nitrogens with two attached hydrogens (primary N) is 1. The van der Waals surface area contributed by atoms with Gasteiger partial charge < -0.3 is 15.5 Å². The summed E-state index contributed by atoms with van der Waals surface area (Å²) in [5, 5.41) is 9.86. The van der Waals surface area contributed by atoms with E-state index in [4.69, 9.17) is 17.3 Å². The average Bonchev–Trinajstić information content (AvgIpc) is 2.62. The van der Waals surface area contributed by atoms with E-state index in [2.05, 4.69) is 15.9 Å². The Bertz CT molecular complexity index is 790. The molecule has 24 heavy (non-hydrogen) atoms. The van der Waals surface area contributed by atoms with E-state index in [1.54, 1.807) is 18.2 Å². The third-order valence-corrected chi connectivity index (χ3v) is 4.45. The molecule has 0 atom stereocenters. The molecule has 0 bridgehead atoms. The van der Waals surface area contributed by atoms with Gasteiger partial charge in [-0.25, -0.2) is 0 Å². The lowest BCUT2D eigenvalue weighted by molar-refractivity contribution is 0.100. The predicted octanol–water partition coefficient (Wildman–Crippen LogP) is 2.64. The quantitative estimate of drug-likeness (QED) is 0.932. The van der Waals surface area contributed by atoms with Crippen LogP contribution in [0.15, 0.2) is 42.5 Å². The maximum absolute atomic E-state index is 11.1. The van der Waals surface area contributed by atoms with Gasteiger partial charge in [0.05, 0.1) is 11.3 Å². The summed E-state index contributed by atoms with van der Waals surface area (Å²) >= 11 is 5.96. The smallest absolute Gasteiger partial charge is 0.248 e. The SMILES string of the molecule is N#Cc1cc(Cl)ccc1N1CCN(c2ccc(C(N)=O)cc2)CC1. The number of nitriles is 1. The summed E-state index contributed by atoms with van der Waals surface area (Å²) in [7, 11) is 0. The number of primary amides is 1. The van der Waals surface area contributed by atoms with Crippen LogP contribution in [0.3, 0.4) is 0 Å². The Kier molecular flexibility index (Phi) is 4.59. The Morgan fingerprint density at radius 2 is 1.67 bits per heavy atom. The van der Waals surface area contributed by atoms with Gasteiger partial charge in [0.2, 0.25) is 5.91 Å². The fourth-order valence-electron chi connectivity index (χ4n) is 2.92. The van der Waals surface area contributed by atoms with Gasteiger partial charge in [-0.1, -0.05) is 11.6 Å². The largest absolute Gasteiger partial charge is 0.368 e. The zero-order valence-corrected chi connectivity index (χ0v) is 13.8. The van der Waals surface area contributed by atoms with E-state index in [0.717, 1.165) is 37.6 Å². The maximum atomic E-state index is 11.1. The van der Waals surface area contributed by atoms with Gasteiger partial charge in [0.15, 0.2) is 0 Å². The van der Waals surface area contributed by atoms with Crippen molar-refractivity contribution in [3.05, 3.63) is 58.6 Å². The van der Waals surface area contributed by atoms with Crippen molar-refractivity contribution in [2.75, 3.05) is 36.0 Å². The summed E-state index contributed by atoms with van der Waals surface area (Å²) in [4.78, 5) is 15.6. The first-order valence-corrected chi connectivity index (χ1v) is 8.05. The van der Waals surface area contributed by atoms with Crippen LogP contribution in [-0.2, 0) is 0 Å². The average molecular weight is 341 g/mol. The highest BCUT2D eigenvalue weighted by Gasteiger charge is 2.19. The first-order chi connectivity index (χ1) is 11.6. The lowest BCUT2D eigenvalue weighted by Crippen LogP contribution is -2.46. The maximum Gasteiger partial charge on any atom is 0.248 e. The highest BCUT2D eigenvalue weighted by molar-refractivity contribution is 6.30. The van der Waals surface area contributed by atoms with Gasteiger partial charge in [-0.05, 0) is 42.5 Å². The van der Waals surface area contributed by atoms with Crippen molar-refractivity contribution in [3.8, 4) is 6.07 Å². The second-order valence-corrected chi connectivity index (χ2v) is 6.09. The zero-order valence-electron chi connectivity index (χ0n) is 13.1. The molecule has 1 aliphatic heterocycles. The number of piperazine rings is 1. The topological polar surface area (TPSA) is 73.4 Å². The molecule has 122 valence electrons. The summed E-state index contributed by atoms with van der Waals surface area (Å²) in [5.74, 6) is -0.418. The number of benzene rings is 2. The molecule has 1 amide bonds. The van der Waals surface area contributed by atoms with E-state index in [9.17, 15) is 10.1 Å². The Labute approximate surface area is 145 Å². The van der Waals surface area contributed by atoms with Crippen LogP contribution in [0.4, 0.5) is 11.4 Å². The van der Waals surface area contributed by atoms with Crippen molar-refractivity contribution in [2.24, 2.45) is 5.73 Å². The third-order valence-electron chi connectivity index (χ3n) is 4.22. The van der Waals surface area contributed by atoms with Crippen molar-refractivity contribution >= 4 is 28.9 Å². The number of carbonyl (C=O) groups is 1. The lowest BCUT2D eigenvalue weighted by Gasteiger charge is -2.37. The molecule has 0 spiro atoms. The number of nitrogens with zero attached hydrogens (tertiary/aromatic N) is 3. The lowest BCUT2D eigenvalue weighted by atomic mass is 10.1. The van der Waals surface area contributed by atoms with Gasteiger partial charge in [-0.15, -0.1) is 0 Å². The van der Waals surface area contributed by atoms with E-state index >= 15 is 0 Å². The molecule has 1 saturated heterocycles. The van der Waals surface area contributed by atoms with Crippen LogP contribution in [-0.4, -0.2) is 32.1 Å². The van der Waals surface area contributed by atoms with E-state index < -0.39 is 5.91 Å². The Morgan fingerprint density at radius 3 is 2.25 bits per heavy atom. The van der Waals surface area contributed by atoms with Crippen molar-refractivity contribution in [2.45, 2.75) is 0 Å². The zero-order chi connectivity index (χ0) is 17.1. The van der Waals surface area contributed by atoms with Crippen LogP contribution in [0.2, 0.25) is 5.02 Å². The van der Waals surface area contributed by atoms with Crippen LogP contribution < -0.4 is 15.5 Å². The summed E-state index contributed by atoms with van der Waals surface area (Å²) in [6.45, 7) is 3.30. The molecule has 2 N–H and O–H groups in total. The number of carbonyl (C=O) groups excluding carboxylic acids is 1. The predicted molar refractivity (Wildman–Crippen MR) is 95.6 cm³/mol. The van der Waals surface area contributed by atoms with Gasteiger partial charge in [0.1, 0.15) is 6.07 Å². The molecular weight excluding hydrogens is 324 g/mol. The molecule has 3 rings (SSSR count). The Balaban J connectivity index is 1.70. The van der Waals surface area contributed by atoms with Gasteiger partial charge in [0.25, 0.3) is 0 Å². The Hall–Kier alpha value is -2.71. The molecule has 0 unspecified atom stereocenters. The molecule has 0 aromatic heterocycles. The fraction of sp³-hybridized carbons (Fsp3) is 0.222. The molecule has 1 heterocycles. The first kappa shape index (κ1) is 16.2. The summed E-state index contributed by atoms with van der Waals surface area (Å²) in [6, 6.07) is 14.9. The van der Waals surface area contributed by atoms with Crippen molar-refractivity contribution in [3.63, 3.8) is 0 Å². The molecule has 2 aromatic rings. The van der Waals surface area contributed by atoms with Gasteiger partial charge in [-0.3, -0.25) is 4.79 Å². The van der Waals surface area contributed by atoms with Crippen LogP contribution in [0.25, 0.3) is 0 Å². The molecule has 0 radical (unpaired) electrons. The summed E-state index contributed by atoms with van der Waals surface area (Å²) in [5.41, 5.74) is 8.37. The minimum Gasteiger partial charge on any atom is -0.368 e. The number of hydrogen-bond acceptors (Lipinski definition) is 4. The molecular formula is C18H17ClN4O. The highest BCUT2D eigenvalue weighted by atomic mass is 35.5. The second kappa shape index (κ2) is 6.81. The molecule has 1 fully saturated rings. The van der Waals surface area contributed by atoms with Gasteiger partial charge >= 0.3 is 0 Å².